The summed E-state index contributed by atoms with van der Waals surface area (Å²) in [6.07, 6.45) is 2.17. The first-order valence-corrected chi connectivity index (χ1v) is 7.80. The van der Waals surface area contributed by atoms with Crippen LogP contribution in [0.5, 0.6) is 0 Å². The molecule has 0 heterocycles. The van der Waals surface area contributed by atoms with Gasteiger partial charge in [-0.3, -0.25) is 4.55 Å². The third-order valence-corrected chi connectivity index (χ3v) is 2.13. The number of unbranched alkanes of at least 4 members (excludes halogenated alkanes) is 1. The minimum atomic E-state index is -4.44. The van der Waals surface area contributed by atoms with Crippen molar-refractivity contribution < 1.29 is 32.4 Å². The van der Waals surface area contributed by atoms with Crippen LogP contribution in [0, 0.1) is 0 Å². The van der Waals surface area contributed by atoms with Gasteiger partial charge in [-0.15, -0.1) is 0 Å². The zero-order valence-corrected chi connectivity index (χ0v) is 10.4. The molecule has 0 aliphatic carbocycles. The number of hydrogen-bond donors (Lipinski definition) is 4. The van der Waals surface area contributed by atoms with Crippen molar-refractivity contribution in [3.8, 4) is 0 Å². The maximum atomic E-state index is 10.5. The van der Waals surface area contributed by atoms with Gasteiger partial charge in [0.15, 0.2) is 0 Å². The van der Waals surface area contributed by atoms with Gasteiger partial charge >= 0.3 is 59.1 Å². The Morgan fingerprint density at radius 1 is 1.27 bits per heavy atom. The molecule has 0 aromatic carbocycles. The normalized spacial score (nSPS) is 12.7. The maximum absolute atomic E-state index is 10.5. The second kappa shape index (κ2) is 7.21. The summed E-state index contributed by atoms with van der Waals surface area (Å²) in [6, 6.07) is 0. The topological polar surface area (TPSA) is 132 Å². The summed E-state index contributed by atoms with van der Waals surface area (Å²) >= 11 is 0. The Morgan fingerprint density at radius 2 is 1.60 bits per heavy atom. The van der Waals surface area contributed by atoms with Crippen LogP contribution < -0.4 is 0 Å². The van der Waals surface area contributed by atoms with Crippen molar-refractivity contribution in [2.24, 2.45) is 0 Å². The molecular weight excluding hydrogens is 247 g/mol. The van der Waals surface area contributed by atoms with Gasteiger partial charge in [0.05, 0.1) is 6.26 Å². The van der Waals surface area contributed by atoms with Crippen LogP contribution in [0.1, 0.15) is 26.2 Å². The van der Waals surface area contributed by atoms with Gasteiger partial charge in [0.25, 0.3) is 10.1 Å². The summed E-state index contributed by atoms with van der Waals surface area (Å²) in [5.74, 6) is 0. The zero-order valence-electron chi connectivity index (χ0n) is 8.54. The van der Waals surface area contributed by atoms with Crippen LogP contribution in [0.4, 0.5) is 0 Å². The molecule has 0 atom stereocenters. The Morgan fingerprint density at radius 3 is 1.80 bits per heavy atom. The quantitative estimate of drug-likeness (QED) is 0.404. The van der Waals surface area contributed by atoms with Crippen LogP contribution in [0.25, 0.3) is 0 Å². The monoisotopic (exact) mass is 264 g/mol. The smallest absolute Gasteiger partial charge is 0.261 e. The van der Waals surface area contributed by atoms with E-state index in [-0.39, 0.29) is 6.42 Å². The van der Waals surface area contributed by atoms with Crippen LogP contribution in [0.2, 0.25) is 0 Å². The van der Waals surface area contributed by atoms with Gasteiger partial charge in [-0.05, 0) is 0 Å². The van der Waals surface area contributed by atoms with E-state index in [4.69, 9.17) is 19.2 Å². The fourth-order valence-electron chi connectivity index (χ4n) is 0.505. The number of carbonyl (C=O) groups is 1. The second-order valence-electron chi connectivity index (χ2n) is 2.90. The molecule has 0 saturated carbocycles. The van der Waals surface area contributed by atoms with Gasteiger partial charge in [-0.2, -0.15) is 8.42 Å². The van der Waals surface area contributed by atoms with E-state index in [0.717, 1.165) is 6.42 Å². The zero-order chi connectivity index (χ0) is 12.7. The molecule has 7 nitrogen and oxygen atoms in total. The van der Waals surface area contributed by atoms with Gasteiger partial charge in [-0.25, -0.2) is 0 Å². The fourth-order valence-corrected chi connectivity index (χ4v) is 1.02. The third kappa shape index (κ3) is 20.1. The van der Waals surface area contributed by atoms with Crippen molar-refractivity contribution in [2.45, 2.75) is 26.2 Å². The molecule has 0 spiro atoms. The Bertz CT molecular complexity index is 270. The predicted octanol–water partition coefficient (Wildman–Crippen LogP) is -0.321. The Balaban J connectivity index is 0. The predicted molar refractivity (Wildman–Crippen MR) is 57.0 cm³/mol. The average molecular weight is 264 g/mol. The molecule has 0 fully saturated rings. The molecule has 15 heavy (non-hydrogen) atoms. The maximum Gasteiger partial charge on any atom is 0.261 e. The van der Waals surface area contributed by atoms with Crippen LogP contribution in [0.15, 0.2) is 0 Å². The van der Waals surface area contributed by atoms with E-state index in [1.807, 2.05) is 6.92 Å². The van der Waals surface area contributed by atoms with Crippen LogP contribution in [-0.4, -0.2) is 39.4 Å². The summed E-state index contributed by atoms with van der Waals surface area (Å²) in [5, 5.41) is 0. The minimum absolute atomic E-state index is 0.0617. The van der Waals surface area contributed by atoms with Crippen molar-refractivity contribution in [1.29, 1.82) is 0 Å². The molecule has 0 saturated heterocycles. The molecule has 9 heteroatoms. The SMILES string of the molecule is CCCCC(=O)[PH](O)(O)O.CS(=O)(=O)O. The summed E-state index contributed by atoms with van der Waals surface area (Å²) in [7, 11) is -8.10. The van der Waals surface area contributed by atoms with Gasteiger partial charge < -0.3 is 0 Å². The van der Waals surface area contributed by atoms with E-state index in [0.29, 0.717) is 12.7 Å². The first kappa shape index (κ1) is 17.3. The molecule has 94 valence electrons. The van der Waals surface area contributed by atoms with E-state index in [1.165, 1.54) is 0 Å². The van der Waals surface area contributed by atoms with Gasteiger partial charge in [0.2, 0.25) is 0 Å². The molecule has 0 aromatic rings. The molecule has 0 aliphatic heterocycles. The molecular formula is C6H17O7PS. The Labute approximate surface area is 89.1 Å². The van der Waals surface area contributed by atoms with Crippen molar-refractivity contribution in [3.63, 3.8) is 0 Å². The first-order chi connectivity index (χ1) is 6.48. The first-order valence-electron chi connectivity index (χ1n) is 4.11. The largest absolute Gasteiger partial charge is 0.286 e. The van der Waals surface area contributed by atoms with Crippen molar-refractivity contribution in [1.82, 2.24) is 0 Å². The van der Waals surface area contributed by atoms with Crippen molar-refractivity contribution in [2.75, 3.05) is 6.26 Å². The molecule has 0 aliphatic rings. The number of carbonyl (C=O) groups excluding carboxylic acids is 1. The van der Waals surface area contributed by atoms with Crippen molar-refractivity contribution in [3.05, 3.63) is 0 Å². The number of hydrogen-bond acceptors (Lipinski definition) is 6. The Kier molecular flexibility index (Phi) is 8.31. The van der Waals surface area contributed by atoms with E-state index in [9.17, 15) is 13.2 Å². The summed E-state index contributed by atoms with van der Waals surface area (Å²) in [5.41, 5.74) is -0.811. The molecule has 0 unspecified atom stereocenters. The van der Waals surface area contributed by atoms with Crippen LogP contribution >= 0.6 is 7.94 Å². The number of rotatable bonds is 4. The summed E-state index contributed by atoms with van der Waals surface area (Å²) in [4.78, 5) is 35.8. The average Bonchev–Trinajstić information content (AvgIpc) is 1.94. The van der Waals surface area contributed by atoms with E-state index < -0.39 is 23.6 Å². The molecule has 0 rings (SSSR count). The molecule has 0 aromatic heterocycles. The van der Waals surface area contributed by atoms with E-state index >= 15 is 0 Å². The molecule has 0 amide bonds. The van der Waals surface area contributed by atoms with Crippen LogP contribution in [0.3, 0.4) is 0 Å². The minimum Gasteiger partial charge on any atom is -0.286 e. The second-order valence-corrected chi connectivity index (χ2v) is 6.19. The fraction of sp³-hybridized carbons (Fsp3) is 0.833. The molecule has 0 bridgehead atoms. The summed E-state index contributed by atoms with van der Waals surface area (Å²) < 4.78 is 25.9. The van der Waals surface area contributed by atoms with Gasteiger partial charge in [0, 0.05) is 0 Å². The molecule has 0 radical (unpaired) electrons. The summed E-state index contributed by atoms with van der Waals surface area (Å²) in [6.45, 7) is 1.88. The third-order valence-electron chi connectivity index (χ3n) is 1.13. The van der Waals surface area contributed by atoms with Crippen LogP contribution in [-0.2, 0) is 14.9 Å². The van der Waals surface area contributed by atoms with E-state index in [1.54, 1.807) is 0 Å². The van der Waals surface area contributed by atoms with E-state index in [2.05, 4.69) is 0 Å². The van der Waals surface area contributed by atoms with Crippen molar-refractivity contribution >= 4 is 23.6 Å². The molecule has 4 N–H and O–H groups in total. The van der Waals surface area contributed by atoms with Gasteiger partial charge in [0.1, 0.15) is 0 Å². The standard InChI is InChI=1S/C5H13O4P.CH4O3S/c1-2-3-4-5(6)10(7,8)9;1-5(2,3)4/h7-10H,2-4H2,1H3;1H3,(H,2,3,4). The Hall–Kier alpha value is -0.110. The van der Waals surface area contributed by atoms with Gasteiger partial charge in [-0.1, -0.05) is 0 Å².